The molecule has 0 bridgehead atoms. The van der Waals surface area contributed by atoms with Gasteiger partial charge in [-0.25, -0.2) is 4.98 Å². The van der Waals surface area contributed by atoms with Crippen molar-refractivity contribution >= 4 is 11.0 Å². The van der Waals surface area contributed by atoms with Gasteiger partial charge in [0.2, 0.25) is 0 Å². The Labute approximate surface area is 324 Å². The number of para-hydroxylation sites is 2. The van der Waals surface area contributed by atoms with Crippen LogP contribution >= 0.6 is 0 Å². The third kappa shape index (κ3) is 7.50. The van der Waals surface area contributed by atoms with Crippen LogP contribution in [0.3, 0.4) is 0 Å². The smallest absolute Gasteiger partial charge is 0.149 e. The molecule has 0 fully saturated rings. The number of hydrogen-bond donors (Lipinski definition) is 1. The number of pyridine rings is 1. The molecule has 4 nitrogen and oxygen atoms in total. The van der Waals surface area contributed by atoms with Crippen LogP contribution in [0.1, 0.15) is 132 Å². The van der Waals surface area contributed by atoms with E-state index in [9.17, 15) is 5.11 Å². The SMILES string of the molecule is CC(C)(C)c1cc(-n2c(-c3ccccc3O)nc3c(-c4cc(-c5cc(C(C)(C)C)ccn5)c(C(C)(C)C)cc4C(C)(C)C)cccc32)cc(C(C)(C)C)c1. The van der Waals surface area contributed by atoms with Crippen LogP contribution in [0.4, 0.5) is 0 Å². The normalized spacial score (nSPS) is 13.2. The Morgan fingerprint density at radius 2 is 1.04 bits per heavy atom. The van der Waals surface area contributed by atoms with Gasteiger partial charge in [-0.2, -0.15) is 0 Å². The number of hydrogen-bond acceptors (Lipinski definition) is 3. The topological polar surface area (TPSA) is 50.9 Å². The number of aromatic hydroxyl groups is 1. The van der Waals surface area contributed by atoms with Gasteiger partial charge < -0.3 is 5.11 Å². The maximum absolute atomic E-state index is 11.4. The predicted molar refractivity (Wildman–Crippen MR) is 230 cm³/mol. The van der Waals surface area contributed by atoms with E-state index in [1.165, 1.54) is 27.8 Å². The number of rotatable bonds is 4. The second-order valence-corrected chi connectivity index (χ2v) is 20.4. The summed E-state index contributed by atoms with van der Waals surface area (Å²) in [6.45, 7) is 34.2. The molecule has 0 atom stereocenters. The van der Waals surface area contributed by atoms with Crippen molar-refractivity contribution in [2.75, 3.05) is 0 Å². The molecule has 6 rings (SSSR count). The lowest BCUT2D eigenvalue weighted by molar-refractivity contribution is 0.477. The van der Waals surface area contributed by atoms with Crippen molar-refractivity contribution in [1.82, 2.24) is 14.5 Å². The fourth-order valence-corrected chi connectivity index (χ4v) is 7.35. The first-order valence-corrected chi connectivity index (χ1v) is 19.5. The number of fused-ring (bicyclic) bond motifs is 1. The van der Waals surface area contributed by atoms with Gasteiger partial charge in [-0.05, 0) is 109 Å². The number of imidazole rings is 1. The van der Waals surface area contributed by atoms with Crippen LogP contribution in [0.5, 0.6) is 5.75 Å². The standard InChI is InChI=1S/C50H61N3O/c1-46(2,3)31-23-24-51-41(28-31)38-29-37(39(49(10,11)12)30-40(38)50(13,14)15)35-20-18-21-42-44(35)52-45(36-19-16-17-22-43(36)54)53(42)34-26-32(47(4,5)6)25-33(27-34)48(7,8)9/h16-30,54H,1-15H3. The molecule has 0 saturated carbocycles. The molecule has 0 aliphatic heterocycles. The zero-order valence-electron chi connectivity index (χ0n) is 35.4. The fraction of sp³-hybridized carbons (Fsp3) is 0.400. The second-order valence-electron chi connectivity index (χ2n) is 20.4. The van der Waals surface area contributed by atoms with Crippen LogP contribution in [0, 0.1) is 0 Å². The Balaban J connectivity index is 1.76. The highest BCUT2D eigenvalue weighted by atomic mass is 16.3. The third-order valence-electron chi connectivity index (χ3n) is 10.7. The van der Waals surface area contributed by atoms with E-state index in [0.717, 1.165) is 39.1 Å². The van der Waals surface area contributed by atoms with Crippen LogP contribution in [0.15, 0.2) is 91.1 Å². The lowest BCUT2D eigenvalue weighted by Gasteiger charge is -2.30. The highest BCUT2D eigenvalue weighted by Gasteiger charge is 2.30. The molecule has 6 aromatic rings. The molecule has 4 aromatic carbocycles. The van der Waals surface area contributed by atoms with Gasteiger partial charge in [0.15, 0.2) is 0 Å². The lowest BCUT2D eigenvalue weighted by atomic mass is 9.74. The van der Waals surface area contributed by atoms with E-state index in [-0.39, 0.29) is 32.8 Å². The van der Waals surface area contributed by atoms with Gasteiger partial charge in [0.25, 0.3) is 0 Å². The van der Waals surface area contributed by atoms with Crippen molar-refractivity contribution in [2.24, 2.45) is 0 Å². The van der Waals surface area contributed by atoms with Crippen molar-refractivity contribution in [3.05, 3.63) is 119 Å². The Hall–Kier alpha value is -4.70. The van der Waals surface area contributed by atoms with Crippen molar-refractivity contribution in [2.45, 2.75) is 131 Å². The summed E-state index contributed by atoms with van der Waals surface area (Å²) >= 11 is 0. The zero-order valence-corrected chi connectivity index (χ0v) is 35.4. The Kier molecular flexibility index (Phi) is 9.57. The zero-order chi connectivity index (χ0) is 39.8. The summed E-state index contributed by atoms with van der Waals surface area (Å²) in [5.74, 6) is 0.917. The van der Waals surface area contributed by atoms with Crippen LogP contribution in [0.2, 0.25) is 0 Å². The second kappa shape index (κ2) is 13.3. The molecule has 4 heteroatoms. The van der Waals surface area contributed by atoms with Gasteiger partial charge in [-0.15, -0.1) is 0 Å². The number of benzene rings is 4. The van der Waals surface area contributed by atoms with Crippen LogP contribution in [-0.2, 0) is 27.1 Å². The lowest BCUT2D eigenvalue weighted by Crippen LogP contribution is -2.19. The first kappa shape index (κ1) is 39.0. The quantitative estimate of drug-likeness (QED) is 0.197. The molecular weight excluding hydrogens is 659 g/mol. The summed E-state index contributed by atoms with van der Waals surface area (Å²) < 4.78 is 2.26. The Morgan fingerprint density at radius 3 is 1.59 bits per heavy atom. The molecular formula is C50H61N3O. The van der Waals surface area contributed by atoms with E-state index in [2.05, 4.69) is 169 Å². The van der Waals surface area contributed by atoms with Gasteiger partial charge >= 0.3 is 0 Å². The largest absolute Gasteiger partial charge is 0.507 e. The van der Waals surface area contributed by atoms with Gasteiger partial charge in [-0.3, -0.25) is 9.55 Å². The minimum absolute atomic E-state index is 0.0112. The Morgan fingerprint density at radius 1 is 0.481 bits per heavy atom. The highest BCUT2D eigenvalue weighted by Crippen LogP contribution is 2.45. The number of phenols is 1. The van der Waals surface area contributed by atoms with Crippen molar-refractivity contribution in [3.8, 4) is 45.2 Å². The molecule has 54 heavy (non-hydrogen) atoms. The molecule has 2 heterocycles. The van der Waals surface area contributed by atoms with E-state index in [1.807, 2.05) is 24.4 Å². The van der Waals surface area contributed by atoms with E-state index in [0.29, 0.717) is 11.4 Å². The third-order valence-corrected chi connectivity index (χ3v) is 10.7. The van der Waals surface area contributed by atoms with E-state index in [1.54, 1.807) is 6.07 Å². The molecule has 282 valence electrons. The molecule has 2 aromatic heterocycles. The van der Waals surface area contributed by atoms with E-state index >= 15 is 0 Å². The predicted octanol–water partition coefficient (Wildman–Crippen LogP) is 13.6. The van der Waals surface area contributed by atoms with E-state index < -0.39 is 0 Å². The molecule has 0 radical (unpaired) electrons. The van der Waals surface area contributed by atoms with Crippen molar-refractivity contribution in [1.29, 1.82) is 0 Å². The summed E-state index contributed by atoms with van der Waals surface area (Å²) in [7, 11) is 0. The summed E-state index contributed by atoms with van der Waals surface area (Å²) in [6, 6.07) is 30.3. The average Bonchev–Trinajstić information content (AvgIpc) is 3.45. The summed E-state index contributed by atoms with van der Waals surface area (Å²) in [5.41, 5.74) is 13.8. The van der Waals surface area contributed by atoms with Crippen LogP contribution in [0.25, 0.3) is 50.5 Å². The fourth-order valence-electron chi connectivity index (χ4n) is 7.35. The molecule has 0 spiro atoms. The van der Waals surface area contributed by atoms with Crippen LogP contribution < -0.4 is 0 Å². The molecule has 0 aliphatic carbocycles. The highest BCUT2D eigenvalue weighted by molar-refractivity contribution is 5.98. The number of phenolic OH excluding ortho intramolecular Hbond substituents is 1. The first-order valence-electron chi connectivity index (χ1n) is 19.5. The number of aromatic nitrogens is 3. The van der Waals surface area contributed by atoms with Crippen molar-refractivity contribution in [3.63, 3.8) is 0 Å². The number of nitrogens with zero attached hydrogens (tertiary/aromatic N) is 3. The molecule has 0 aliphatic rings. The maximum Gasteiger partial charge on any atom is 0.149 e. The maximum atomic E-state index is 11.4. The monoisotopic (exact) mass is 719 g/mol. The van der Waals surface area contributed by atoms with Gasteiger partial charge in [0.1, 0.15) is 11.6 Å². The van der Waals surface area contributed by atoms with Crippen LogP contribution in [-0.4, -0.2) is 19.6 Å². The minimum Gasteiger partial charge on any atom is -0.507 e. The van der Waals surface area contributed by atoms with Gasteiger partial charge in [0, 0.05) is 23.0 Å². The minimum atomic E-state index is -0.164. The summed E-state index contributed by atoms with van der Waals surface area (Å²) in [5, 5.41) is 11.4. The van der Waals surface area contributed by atoms with E-state index in [4.69, 9.17) is 9.97 Å². The summed E-state index contributed by atoms with van der Waals surface area (Å²) in [6.07, 6.45) is 1.96. The average molecular weight is 720 g/mol. The Bertz CT molecular complexity index is 2320. The van der Waals surface area contributed by atoms with Gasteiger partial charge in [-0.1, -0.05) is 140 Å². The first-order chi connectivity index (χ1) is 24.9. The molecule has 0 saturated heterocycles. The summed E-state index contributed by atoms with van der Waals surface area (Å²) in [4.78, 5) is 10.5. The molecule has 0 unspecified atom stereocenters. The van der Waals surface area contributed by atoms with Gasteiger partial charge in [0.05, 0.1) is 22.3 Å². The molecule has 0 amide bonds. The van der Waals surface area contributed by atoms with Crippen molar-refractivity contribution < 1.29 is 5.11 Å². The molecule has 1 N–H and O–H groups in total.